The maximum absolute atomic E-state index is 12.1. The van der Waals surface area contributed by atoms with E-state index in [1.165, 1.54) is 0 Å². The van der Waals surface area contributed by atoms with Crippen molar-refractivity contribution in [3.05, 3.63) is 58.7 Å². The van der Waals surface area contributed by atoms with Crippen molar-refractivity contribution < 1.29 is 14.3 Å². The fourth-order valence-electron chi connectivity index (χ4n) is 2.88. The van der Waals surface area contributed by atoms with Crippen LogP contribution in [0.3, 0.4) is 0 Å². The van der Waals surface area contributed by atoms with Crippen LogP contribution >= 0.6 is 0 Å². The Kier molecular flexibility index (Phi) is 4.15. The van der Waals surface area contributed by atoms with Gasteiger partial charge in [0.1, 0.15) is 5.75 Å². The third-order valence-corrected chi connectivity index (χ3v) is 4.05. The second kappa shape index (κ2) is 6.24. The van der Waals surface area contributed by atoms with E-state index in [0.717, 1.165) is 27.9 Å². The topological polar surface area (TPSA) is 55.4 Å². The van der Waals surface area contributed by atoms with Crippen molar-refractivity contribution in [3.8, 4) is 5.75 Å². The van der Waals surface area contributed by atoms with E-state index in [9.17, 15) is 9.59 Å². The van der Waals surface area contributed by atoms with Crippen molar-refractivity contribution in [1.29, 1.82) is 0 Å². The zero-order chi connectivity index (χ0) is 16.4. The fraction of sp³-hybridized carbons (Fsp3) is 0.263. The molecule has 0 heterocycles. The van der Waals surface area contributed by atoms with Crippen LogP contribution in [0.25, 0.3) is 0 Å². The maximum Gasteiger partial charge on any atom is 0.262 e. The van der Waals surface area contributed by atoms with Gasteiger partial charge in [0.25, 0.3) is 5.91 Å². The minimum Gasteiger partial charge on any atom is -0.483 e. The molecule has 118 valence electrons. The molecule has 0 saturated heterocycles. The molecule has 0 atom stereocenters. The molecule has 4 heteroatoms. The molecule has 1 amide bonds. The van der Waals surface area contributed by atoms with Gasteiger partial charge in [0.2, 0.25) is 0 Å². The Morgan fingerprint density at radius 2 is 2.00 bits per heavy atom. The number of rotatable bonds is 4. The maximum atomic E-state index is 12.1. The summed E-state index contributed by atoms with van der Waals surface area (Å²) in [6.07, 6.45) is 1.20. The molecule has 23 heavy (non-hydrogen) atoms. The molecule has 1 aliphatic carbocycles. The van der Waals surface area contributed by atoms with Gasteiger partial charge in [-0.15, -0.1) is 0 Å². The lowest BCUT2D eigenvalue weighted by Crippen LogP contribution is -2.21. The molecule has 1 N–H and O–H groups in total. The van der Waals surface area contributed by atoms with E-state index in [1.807, 2.05) is 44.2 Å². The highest BCUT2D eigenvalue weighted by Crippen LogP contribution is 2.30. The van der Waals surface area contributed by atoms with Crippen molar-refractivity contribution in [2.75, 3.05) is 11.9 Å². The Morgan fingerprint density at radius 3 is 2.78 bits per heavy atom. The van der Waals surface area contributed by atoms with E-state index >= 15 is 0 Å². The van der Waals surface area contributed by atoms with Gasteiger partial charge in [-0.2, -0.15) is 0 Å². The van der Waals surface area contributed by atoms with Crippen molar-refractivity contribution >= 4 is 17.4 Å². The van der Waals surface area contributed by atoms with Crippen molar-refractivity contribution in [2.45, 2.75) is 26.7 Å². The first kappa shape index (κ1) is 15.3. The average Bonchev–Trinajstić information content (AvgIpc) is 2.90. The van der Waals surface area contributed by atoms with Crippen LogP contribution in [0.15, 0.2) is 36.4 Å². The second-order valence-corrected chi connectivity index (χ2v) is 5.86. The van der Waals surface area contributed by atoms with Gasteiger partial charge >= 0.3 is 0 Å². The number of carbonyl (C=O) groups excluding carboxylic acids is 2. The molecule has 0 bridgehead atoms. The van der Waals surface area contributed by atoms with Crippen LogP contribution < -0.4 is 10.1 Å². The lowest BCUT2D eigenvalue weighted by atomic mass is 10.1. The molecule has 4 nitrogen and oxygen atoms in total. The summed E-state index contributed by atoms with van der Waals surface area (Å²) in [6.45, 7) is 3.90. The monoisotopic (exact) mass is 309 g/mol. The summed E-state index contributed by atoms with van der Waals surface area (Å²) in [5, 5.41) is 2.85. The first-order chi connectivity index (χ1) is 11.0. The van der Waals surface area contributed by atoms with Gasteiger partial charge in [0.15, 0.2) is 12.4 Å². The van der Waals surface area contributed by atoms with Crippen LogP contribution in [-0.2, 0) is 11.2 Å². The number of hydrogen-bond donors (Lipinski definition) is 1. The molecule has 0 unspecified atom stereocenters. The normalized spacial score (nSPS) is 12.9. The summed E-state index contributed by atoms with van der Waals surface area (Å²) in [4.78, 5) is 23.8. The predicted molar refractivity (Wildman–Crippen MR) is 89.1 cm³/mol. The van der Waals surface area contributed by atoms with Gasteiger partial charge in [-0.05, 0) is 38.0 Å². The summed E-state index contributed by atoms with van der Waals surface area (Å²) in [5.74, 6) is 0.563. The standard InChI is InChI=1S/C19H19NO3/c1-12-6-8-16(13(2)10-12)20-19(22)11-23-18-5-3-4-14-15(18)7-9-17(14)21/h3-6,8,10H,7,9,11H2,1-2H3,(H,20,22). The van der Waals surface area contributed by atoms with Crippen LogP contribution in [0.2, 0.25) is 0 Å². The van der Waals surface area contributed by atoms with E-state index < -0.39 is 0 Å². The lowest BCUT2D eigenvalue weighted by molar-refractivity contribution is -0.118. The van der Waals surface area contributed by atoms with E-state index in [-0.39, 0.29) is 18.3 Å². The van der Waals surface area contributed by atoms with E-state index in [1.54, 1.807) is 6.07 Å². The number of nitrogens with one attached hydrogen (secondary N) is 1. The summed E-state index contributed by atoms with van der Waals surface area (Å²) >= 11 is 0. The Balaban J connectivity index is 1.65. The molecule has 0 radical (unpaired) electrons. The first-order valence-corrected chi connectivity index (χ1v) is 7.69. The molecule has 0 spiro atoms. The Labute approximate surface area is 135 Å². The minimum absolute atomic E-state index is 0.0715. The van der Waals surface area contributed by atoms with Gasteiger partial charge in [0.05, 0.1) is 0 Å². The van der Waals surface area contributed by atoms with Crippen LogP contribution in [0.1, 0.15) is 33.5 Å². The van der Waals surface area contributed by atoms with Gasteiger partial charge in [0, 0.05) is 23.2 Å². The van der Waals surface area contributed by atoms with Crippen molar-refractivity contribution in [1.82, 2.24) is 0 Å². The van der Waals surface area contributed by atoms with E-state index in [0.29, 0.717) is 18.6 Å². The Bertz CT molecular complexity index is 780. The number of hydrogen-bond acceptors (Lipinski definition) is 3. The minimum atomic E-state index is -0.209. The van der Waals surface area contributed by atoms with Gasteiger partial charge in [-0.25, -0.2) is 0 Å². The molecule has 2 aromatic carbocycles. The molecule has 0 fully saturated rings. The lowest BCUT2D eigenvalue weighted by Gasteiger charge is -2.12. The van der Waals surface area contributed by atoms with Gasteiger partial charge in [-0.1, -0.05) is 29.8 Å². The second-order valence-electron chi connectivity index (χ2n) is 5.86. The molecule has 0 saturated carbocycles. The zero-order valence-electron chi connectivity index (χ0n) is 13.3. The largest absolute Gasteiger partial charge is 0.483 e. The Hall–Kier alpha value is -2.62. The SMILES string of the molecule is Cc1ccc(NC(=O)COc2cccc3c2CCC3=O)c(C)c1. The molecule has 2 aromatic rings. The summed E-state index contributed by atoms with van der Waals surface area (Å²) < 4.78 is 5.63. The first-order valence-electron chi connectivity index (χ1n) is 7.69. The number of aryl methyl sites for hydroxylation is 2. The number of ether oxygens (including phenoxy) is 1. The number of ketones is 1. The average molecular weight is 309 g/mol. The van der Waals surface area contributed by atoms with Crippen LogP contribution in [0.4, 0.5) is 5.69 Å². The third-order valence-electron chi connectivity index (χ3n) is 4.05. The highest BCUT2D eigenvalue weighted by atomic mass is 16.5. The van der Waals surface area contributed by atoms with Crippen molar-refractivity contribution in [2.24, 2.45) is 0 Å². The zero-order valence-corrected chi connectivity index (χ0v) is 13.3. The van der Waals surface area contributed by atoms with Gasteiger partial charge < -0.3 is 10.1 Å². The molecule has 0 aromatic heterocycles. The van der Waals surface area contributed by atoms with Crippen LogP contribution in [-0.4, -0.2) is 18.3 Å². The molecule has 0 aliphatic heterocycles. The number of benzene rings is 2. The number of anilines is 1. The predicted octanol–water partition coefficient (Wildman–Crippen LogP) is 3.45. The van der Waals surface area contributed by atoms with Gasteiger partial charge in [-0.3, -0.25) is 9.59 Å². The van der Waals surface area contributed by atoms with E-state index in [2.05, 4.69) is 5.32 Å². The van der Waals surface area contributed by atoms with E-state index in [4.69, 9.17) is 4.74 Å². The quantitative estimate of drug-likeness (QED) is 0.941. The highest BCUT2D eigenvalue weighted by Gasteiger charge is 2.22. The number of amides is 1. The van der Waals surface area contributed by atoms with Crippen LogP contribution in [0.5, 0.6) is 5.75 Å². The summed E-state index contributed by atoms with van der Waals surface area (Å²) in [5.41, 5.74) is 4.59. The summed E-state index contributed by atoms with van der Waals surface area (Å²) in [6, 6.07) is 11.3. The number of carbonyl (C=O) groups is 2. The summed E-state index contributed by atoms with van der Waals surface area (Å²) in [7, 11) is 0. The Morgan fingerprint density at radius 1 is 1.17 bits per heavy atom. The third kappa shape index (κ3) is 3.26. The molecule has 1 aliphatic rings. The molecular formula is C19H19NO3. The van der Waals surface area contributed by atoms with Crippen LogP contribution in [0, 0.1) is 13.8 Å². The van der Waals surface area contributed by atoms with Crippen molar-refractivity contribution in [3.63, 3.8) is 0 Å². The molecular weight excluding hydrogens is 290 g/mol. The smallest absolute Gasteiger partial charge is 0.262 e. The number of Topliss-reactive ketones (excluding diaryl/α,β-unsaturated/α-hetero) is 1. The highest BCUT2D eigenvalue weighted by molar-refractivity contribution is 6.01. The fourth-order valence-corrected chi connectivity index (χ4v) is 2.88. The molecule has 3 rings (SSSR count). The number of fused-ring (bicyclic) bond motifs is 1.